The first kappa shape index (κ1) is 26.8. The Hall–Kier alpha value is -5.43. The minimum Gasteiger partial charge on any atom is -0.454 e. The lowest BCUT2D eigenvalue weighted by Crippen LogP contribution is -2.29. The molecule has 1 aromatic heterocycles. The van der Waals surface area contributed by atoms with Crippen LogP contribution in [0.15, 0.2) is 91.0 Å². The molecular weight excluding hydrogens is 528 g/mol. The molecule has 0 spiro atoms. The molecule has 2 amide bonds. The van der Waals surface area contributed by atoms with Gasteiger partial charge in [-0.05, 0) is 73.9 Å². The third-order valence-electron chi connectivity index (χ3n) is 7.64. The van der Waals surface area contributed by atoms with Crippen LogP contribution in [0.4, 0.5) is 5.69 Å². The minimum absolute atomic E-state index is 0.287. The number of nitrogens with zero attached hydrogens (tertiary/aromatic N) is 2. The maximum Gasteiger partial charge on any atom is 0.339 e. The van der Waals surface area contributed by atoms with Crippen molar-refractivity contribution in [3.8, 4) is 11.3 Å². The number of fused-ring (bicyclic) bond motifs is 2. The van der Waals surface area contributed by atoms with E-state index < -0.39 is 5.97 Å². The molecule has 0 bridgehead atoms. The van der Waals surface area contributed by atoms with E-state index in [1.165, 1.54) is 0 Å². The predicted octanol–water partition coefficient (Wildman–Crippen LogP) is 6.67. The van der Waals surface area contributed by atoms with E-state index in [-0.39, 0.29) is 29.8 Å². The van der Waals surface area contributed by atoms with E-state index in [9.17, 15) is 19.2 Å². The molecule has 7 nitrogen and oxygen atoms in total. The average Bonchev–Trinajstić information content (AvgIpc) is 3.26. The number of hydrogen-bond donors (Lipinski definition) is 0. The van der Waals surface area contributed by atoms with Crippen LogP contribution in [0.2, 0.25) is 0 Å². The summed E-state index contributed by atoms with van der Waals surface area (Å²) in [5.74, 6) is -1.66. The summed E-state index contributed by atoms with van der Waals surface area (Å²) < 4.78 is 5.50. The summed E-state index contributed by atoms with van der Waals surface area (Å²) in [4.78, 5) is 57.9. The van der Waals surface area contributed by atoms with Gasteiger partial charge in [-0.1, -0.05) is 54.6 Å². The lowest BCUT2D eigenvalue weighted by atomic mass is 10.0. The number of imide groups is 1. The number of aromatic nitrogens is 1. The fourth-order valence-electron chi connectivity index (χ4n) is 5.12. The Labute approximate surface area is 242 Å². The fraction of sp³-hybridized carbons (Fsp3) is 0.114. The summed E-state index contributed by atoms with van der Waals surface area (Å²) in [7, 11) is 0. The normalized spacial score (nSPS) is 12.5. The van der Waals surface area contributed by atoms with Gasteiger partial charge >= 0.3 is 5.97 Å². The molecule has 2 heterocycles. The molecule has 6 rings (SSSR count). The molecule has 4 aromatic carbocycles. The molecule has 0 radical (unpaired) electrons. The number of carbonyl (C=O) groups is 4. The number of anilines is 1. The van der Waals surface area contributed by atoms with Gasteiger partial charge in [-0.3, -0.25) is 14.4 Å². The van der Waals surface area contributed by atoms with Crippen LogP contribution < -0.4 is 4.90 Å². The Bertz CT molecular complexity index is 1910. The van der Waals surface area contributed by atoms with Crippen LogP contribution in [0.5, 0.6) is 0 Å². The highest BCUT2D eigenvalue weighted by molar-refractivity contribution is 6.34. The van der Waals surface area contributed by atoms with Gasteiger partial charge in [0, 0.05) is 16.5 Å². The van der Waals surface area contributed by atoms with Gasteiger partial charge in [0.2, 0.25) is 0 Å². The maximum atomic E-state index is 13.3. The molecule has 0 saturated carbocycles. The zero-order valence-corrected chi connectivity index (χ0v) is 23.3. The van der Waals surface area contributed by atoms with E-state index >= 15 is 0 Å². The number of aryl methyl sites for hydroxylation is 3. The van der Waals surface area contributed by atoms with Gasteiger partial charge in [-0.2, -0.15) is 0 Å². The standard InChI is InChI=1S/C35H26N2O5/c1-20-11-12-24(17-22(20)3)31(38)19-42-35(41)29-18-30(36-32-21(2)7-6-10-26(29)32)23-13-15-25(16-14-23)37-33(39)27-8-4-5-9-28(27)34(37)40/h4-18H,19H2,1-3H3. The first-order chi connectivity index (χ1) is 20.2. The van der Waals surface area contributed by atoms with Crippen molar-refractivity contribution >= 4 is 40.2 Å². The molecule has 0 fully saturated rings. The van der Waals surface area contributed by atoms with Gasteiger partial charge in [0.05, 0.1) is 33.6 Å². The summed E-state index contributed by atoms with van der Waals surface area (Å²) >= 11 is 0. The highest BCUT2D eigenvalue weighted by Gasteiger charge is 2.36. The number of ketones is 1. The van der Waals surface area contributed by atoms with Crippen LogP contribution in [0.3, 0.4) is 0 Å². The molecule has 1 aliphatic rings. The maximum absolute atomic E-state index is 13.3. The van der Waals surface area contributed by atoms with Crippen LogP contribution in [0, 0.1) is 20.8 Å². The van der Waals surface area contributed by atoms with E-state index in [0.717, 1.165) is 21.6 Å². The lowest BCUT2D eigenvalue weighted by Gasteiger charge is -2.15. The zero-order chi connectivity index (χ0) is 29.5. The van der Waals surface area contributed by atoms with E-state index in [1.54, 1.807) is 72.8 Å². The minimum atomic E-state index is -0.630. The van der Waals surface area contributed by atoms with Crippen LogP contribution in [-0.4, -0.2) is 35.2 Å². The quantitative estimate of drug-likeness (QED) is 0.132. The Morgan fingerprint density at radius 2 is 1.43 bits per heavy atom. The zero-order valence-electron chi connectivity index (χ0n) is 23.3. The van der Waals surface area contributed by atoms with Gasteiger partial charge in [0.15, 0.2) is 12.4 Å². The lowest BCUT2D eigenvalue weighted by molar-refractivity contribution is 0.0476. The van der Waals surface area contributed by atoms with Gasteiger partial charge in [0.25, 0.3) is 11.8 Å². The van der Waals surface area contributed by atoms with Crippen molar-refractivity contribution in [3.63, 3.8) is 0 Å². The number of benzene rings is 4. The van der Waals surface area contributed by atoms with Crippen LogP contribution in [0.25, 0.3) is 22.2 Å². The first-order valence-electron chi connectivity index (χ1n) is 13.5. The Balaban J connectivity index is 1.30. The van der Waals surface area contributed by atoms with Crippen molar-refractivity contribution in [2.45, 2.75) is 20.8 Å². The molecule has 0 atom stereocenters. The smallest absolute Gasteiger partial charge is 0.339 e. The molecule has 0 saturated heterocycles. The van der Waals surface area contributed by atoms with Crippen molar-refractivity contribution in [1.82, 2.24) is 4.98 Å². The number of amides is 2. The van der Waals surface area contributed by atoms with Crippen molar-refractivity contribution in [2.24, 2.45) is 0 Å². The van der Waals surface area contributed by atoms with E-state index in [1.807, 2.05) is 39.0 Å². The molecule has 7 heteroatoms. The first-order valence-corrected chi connectivity index (χ1v) is 13.5. The van der Waals surface area contributed by atoms with Crippen molar-refractivity contribution in [2.75, 3.05) is 11.5 Å². The van der Waals surface area contributed by atoms with Gasteiger partial charge in [-0.25, -0.2) is 14.7 Å². The van der Waals surface area contributed by atoms with E-state index in [4.69, 9.17) is 9.72 Å². The third-order valence-corrected chi connectivity index (χ3v) is 7.64. The largest absolute Gasteiger partial charge is 0.454 e. The molecular formula is C35H26N2O5. The van der Waals surface area contributed by atoms with E-state index in [0.29, 0.717) is 44.5 Å². The van der Waals surface area contributed by atoms with Gasteiger partial charge in [-0.15, -0.1) is 0 Å². The fourth-order valence-corrected chi connectivity index (χ4v) is 5.12. The van der Waals surface area contributed by atoms with Gasteiger partial charge < -0.3 is 4.74 Å². The monoisotopic (exact) mass is 554 g/mol. The molecule has 5 aromatic rings. The number of esters is 1. The number of rotatable bonds is 6. The summed E-state index contributed by atoms with van der Waals surface area (Å²) in [6, 6.07) is 26.2. The van der Waals surface area contributed by atoms with Crippen LogP contribution in [0.1, 0.15) is 58.1 Å². The summed E-state index contributed by atoms with van der Waals surface area (Å²) in [5.41, 5.74) is 6.72. The number of Topliss-reactive ketones (excluding diaryl/α,β-unsaturated/α-hetero) is 1. The number of para-hydroxylation sites is 1. The average molecular weight is 555 g/mol. The summed E-state index contributed by atoms with van der Waals surface area (Å²) in [6.07, 6.45) is 0. The Kier molecular flexibility index (Phi) is 6.71. The van der Waals surface area contributed by atoms with E-state index in [2.05, 4.69) is 0 Å². The second kappa shape index (κ2) is 10.5. The van der Waals surface area contributed by atoms with Crippen molar-refractivity contribution < 1.29 is 23.9 Å². The van der Waals surface area contributed by atoms with Crippen molar-refractivity contribution in [1.29, 1.82) is 0 Å². The number of pyridine rings is 1. The SMILES string of the molecule is Cc1ccc(C(=O)COC(=O)c2cc(-c3ccc(N4C(=O)c5ccccc5C4=O)cc3)nc3c(C)cccc23)cc1C. The van der Waals surface area contributed by atoms with Crippen molar-refractivity contribution in [3.05, 3.63) is 130 Å². The summed E-state index contributed by atoms with van der Waals surface area (Å²) in [5, 5.41) is 0.616. The molecule has 1 aliphatic heterocycles. The molecule has 42 heavy (non-hydrogen) atoms. The Morgan fingerprint density at radius 1 is 0.738 bits per heavy atom. The number of carbonyl (C=O) groups excluding carboxylic acids is 4. The highest BCUT2D eigenvalue weighted by atomic mass is 16.5. The van der Waals surface area contributed by atoms with Gasteiger partial charge in [0.1, 0.15) is 0 Å². The Morgan fingerprint density at radius 3 is 2.10 bits per heavy atom. The highest BCUT2D eigenvalue weighted by Crippen LogP contribution is 2.32. The second-order valence-electron chi connectivity index (χ2n) is 10.4. The number of ether oxygens (including phenoxy) is 1. The number of hydrogen-bond acceptors (Lipinski definition) is 6. The van der Waals surface area contributed by atoms with Crippen LogP contribution in [-0.2, 0) is 4.74 Å². The molecule has 0 N–H and O–H groups in total. The topological polar surface area (TPSA) is 93.6 Å². The third kappa shape index (κ3) is 4.65. The summed E-state index contributed by atoms with van der Waals surface area (Å²) in [6.45, 7) is 5.41. The molecule has 0 unspecified atom stereocenters. The molecule has 206 valence electrons. The predicted molar refractivity (Wildman–Crippen MR) is 160 cm³/mol. The van der Waals surface area contributed by atoms with Crippen LogP contribution >= 0.6 is 0 Å². The second-order valence-corrected chi connectivity index (χ2v) is 10.4. The molecule has 0 aliphatic carbocycles.